The van der Waals surface area contributed by atoms with Crippen LogP contribution in [0.15, 0.2) is 35.3 Å². The van der Waals surface area contributed by atoms with E-state index in [1.165, 1.54) is 0 Å². The van der Waals surface area contributed by atoms with Crippen LogP contribution >= 0.6 is 27.5 Å². The van der Waals surface area contributed by atoms with Crippen LogP contribution in [0.25, 0.3) is 0 Å². The molecule has 0 saturated carbocycles. The van der Waals surface area contributed by atoms with E-state index in [0.717, 1.165) is 10.0 Å². The van der Waals surface area contributed by atoms with Crippen LogP contribution in [0, 0.1) is 0 Å². The number of halogens is 2. The summed E-state index contributed by atoms with van der Waals surface area (Å²) in [6, 6.07) is 4.84. The number of hydrogen-bond acceptors (Lipinski definition) is 3. The molecule has 5 heteroatoms. The summed E-state index contributed by atoms with van der Waals surface area (Å²) in [4.78, 5) is 11.9. The van der Waals surface area contributed by atoms with Gasteiger partial charge in [0.1, 0.15) is 6.04 Å². The Labute approximate surface area is 120 Å². The first-order valence-electron chi connectivity index (χ1n) is 5.56. The molecule has 98 valence electrons. The van der Waals surface area contributed by atoms with E-state index in [1.54, 1.807) is 25.1 Å². The van der Waals surface area contributed by atoms with Crippen molar-refractivity contribution >= 4 is 33.5 Å². The highest BCUT2D eigenvalue weighted by Gasteiger charge is 2.21. The smallest absolute Gasteiger partial charge is 0.327 e. The summed E-state index contributed by atoms with van der Waals surface area (Å²) < 4.78 is 5.83. The molecule has 1 aromatic rings. The number of rotatable bonds is 6. The largest absolute Gasteiger partial charge is 0.465 e. The van der Waals surface area contributed by atoms with E-state index in [-0.39, 0.29) is 5.97 Å². The molecule has 1 N–H and O–H groups in total. The van der Waals surface area contributed by atoms with E-state index in [2.05, 4.69) is 27.8 Å². The molecule has 1 unspecified atom stereocenters. The number of carbonyl (C=O) groups is 1. The molecule has 1 atom stereocenters. The Morgan fingerprint density at radius 2 is 2.39 bits per heavy atom. The lowest BCUT2D eigenvalue weighted by molar-refractivity contribution is -0.145. The fourth-order valence-corrected chi connectivity index (χ4v) is 1.89. The molecule has 0 amide bonds. The molecule has 0 aliphatic heterocycles. The third kappa shape index (κ3) is 4.12. The van der Waals surface area contributed by atoms with E-state index < -0.39 is 6.04 Å². The summed E-state index contributed by atoms with van der Waals surface area (Å²) in [6.07, 6.45) is 1.69. The minimum Gasteiger partial charge on any atom is -0.465 e. The molecule has 0 aliphatic rings. The zero-order valence-corrected chi connectivity index (χ0v) is 12.4. The van der Waals surface area contributed by atoms with E-state index >= 15 is 0 Å². The minimum atomic E-state index is -0.534. The Kier molecular flexibility index (Phi) is 6.39. The normalized spacial score (nSPS) is 11.9. The lowest BCUT2D eigenvalue weighted by Gasteiger charge is -2.17. The van der Waals surface area contributed by atoms with Gasteiger partial charge in [-0.2, -0.15) is 0 Å². The second-order valence-electron chi connectivity index (χ2n) is 3.56. The average molecular weight is 333 g/mol. The van der Waals surface area contributed by atoms with Gasteiger partial charge in [0.2, 0.25) is 0 Å². The fraction of sp³-hybridized carbons (Fsp3) is 0.308. The van der Waals surface area contributed by atoms with Gasteiger partial charge in [0.25, 0.3) is 0 Å². The Bertz CT molecular complexity index is 437. The number of carbonyl (C=O) groups excluding carboxylic acids is 1. The van der Waals surface area contributed by atoms with Crippen molar-refractivity contribution in [2.24, 2.45) is 0 Å². The van der Waals surface area contributed by atoms with Crippen molar-refractivity contribution in [3.05, 3.63) is 45.9 Å². The maximum absolute atomic E-state index is 11.9. The molecular formula is C13H15BrClNO2. The topological polar surface area (TPSA) is 38.3 Å². The molecule has 1 aromatic carbocycles. The maximum atomic E-state index is 11.9. The number of benzene rings is 1. The molecule has 0 fully saturated rings. The minimum absolute atomic E-state index is 0.322. The van der Waals surface area contributed by atoms with Gasteiger partial charge in [-0.1, -0.05) is 23.7 Å². The first kappa shape index (κ1) is 15.2. The lowest BCUT2D eigenvalue weighted by atomic mass is 10.1. The Hall–Kier alpha value is -0.840. The van der Waals surface area contributed by atoms with Crippen molar-refractivity contribution in [3.63, 3.8) is 0 Å². The molecule has 0 saturated heterocycles. The lowest BCUT2D eigenvalue weighted by Crippen LogP contribution is -2.30. The summed E-state index contributed by atoms with van der Waals surface area (Å²) in [7, 11) is 0. The second-order valence-corrected chi connectivity index (χ2v) is 4.82. The second kappa shape index (κ2) is 7.56. The number of hydrogen-bond donors (Lipinski definition) is 1. The van der Waals surface area contributed by atoms with Gasteiger partial charge in [0, 0.05) is 11.0 Å². The molecular weight excluding hydrogens is 318 g/mol. The Morgan fingerprint density at radius 1 is 1.67 bits per heavy atom. The zero-order chi connectivity index (χ0) is 13.5. The van der Waals surface area contributed by atoms with Crippen LogP contribution in [-0.2, 0) is 9.53 Å². The van der Waals surface area contributed by atoms with Crippen LogP contribution in [0.3, 0.4) is 0 Å². The van der Waals surface area contributed by atoms with Gasteiger partial charge >= 0.3 is 5.97 Å². The highest BCUT2D eigenvalue weighted by molar-refractivity contribution is 9.10. The van der Waals surface area contributed by atoms with Crippen molar-refractivity contribution in [3.8, 4) is 0 Å². The monoisotopic (exact) mass is 331 g/mol. The quantitative estimate of drug-likeness (QED) is 0.640. The van der Waals surface area contributed by atoms with E-state index in [0.29, 0.717) is 18.2 Å². The van der Waals surface area contributed by atoms with Gasteiger partial charge in [0.15, 0.2) is 0 Å². The molecule has 0 bridgehead atoms. The Morgan fingerprint density at radius 3 is 2.94 bits per heavy atom. The van der Waals surface area contributed by atoms with Crippen molar-refractivity contribution in [2.75, 3.05) is 13.2 Å². The van der Waals surface area contributed by atoms with E-state index in [9.17, 15) is 4.79 Å². The highest BCUT2D eigenvalue weighted by atomic mass is 79.9. The van der Waals surface area contributed by atoms with Crippen LogP contribution in [0.2, 0.25) is 5.02 Å². The van der Waals surface area contributed by atoms with Crippen molar-refractivity contribution < 1.29 is 9.53 Å². The van der Waals surface area contributed by atoms with Crippen molar-refractivity contribution in [2.45, 2.75) is 13.0 Å². The van der Waals surface area contributed by atoms with Crippen LogP contribution in [0.4, 0.5) is 0 Å². The number of ether oxygens (including phenoxy) is 1. The van der Waals surface area contributed by atoms with Crippen LogP contribution in [-0.4, -0.2) is 19.1 Å². The first-order chi connectivity index (χ1) is 8.60. The van der Waals surface area contributed by atoms with Crippen LogP contribution < -0.4 is 5.32 Å². The van der Waals surface area contributed by atoms with E-state index in [4.69, 9.17) is 16.3 Å². The molecule has 1 rings (SSSR count). The van der Waals surface area contributed by atoms with Crippen molar-refractivity contribution in [1.29, 1.82) is 0 Å². The third-order valence-electron chi connectivity index (χ3n) is 2.27. The average Bonchev–Trinajstić information content (AvgIpc) is 2.34. The van der Waals surface area contributed by atoms with Crippen LogP contribution in [0.1, 0.15) is 18.5 Å². The van der Waals surface area contributed by atoms with Gasteiger partial charge in [-0.3, -0.25) is 5.32 Å². The molecule has 18 heavy (non-hydrogen) atoms. The molecule has 0 spiro atoms. The van der Waals surface area contributed by atoms with Gasteiger partial charge < -0.3 is 4.74 Å². The first-order valence-corrected chi connectivity index (χ1v) is 6.73. The summed E-state index contributed by atoms with van der Waals surface area (Å²) in [5, 5.41) is 3.61. The summed E-state index contributed by atoms with van der Waals surface area (Å²) in [5.41, 5.74) is 0.767. The number of esters is 1. The highest BCUT2D eigenvalue weighted by Crippen LogP contribution is 2.26. The summed E-state index contributed by atoms with van der Waals surface area (Å²) >= 11 is 9.34. The summed E-state index contributed by atoms with van der Waals surface area (Å²) in [6.45, 7) is 6.24. The van der Waals surface area contributed by atoms with Gasteiger partial charge in [-0.15, -0.1) is 6.58 Å². The number of nitrogens with one attached hydrogen (secondary N) is 1. The summed E-state index contributed by atoms with van der Waals surface area (Å²) in [5.74, 6) is -0.322. The maximum Gasteiger partial charge on any atom is 0.327 e. The van der Waals surface area contributed by atoms with Gasteiger partial charge in [-0.05, 0) is 40.5 Å². The third-order valence-corrected chi connectivity index (χ3v) is 3.50. The molecule has 0 aromatic heterocycles. The van der Waals surface area contributed by atoms with Crippen LogP contribution in [0.5, 0.6) is 0 Å². The van der Waals surface area contributed by atoms with Gasteiger partial charge in [0.05, 0.1) is 11.6 Å². The Balaban J connectivity index is 2.96. The predicted octanol–water partition coefficient (Wildman–Crippen LogP) is 3.48. The van der Waals surface area contributed by atoms with Gasteiger partial charge in [-0.25, -0.2) is 4.79 Å². The van der Waals surface area contributed by atoms with E-state index in [1.807, 2.05) is 6.07 Å². The predicted molar refractivity (Wildman–Crippen MR) is 76.7 cm³/mol. The zero-order valence-electron chi connectivity index (χ0n) is 10.1. The van der Waals surface area contributed by atoms with Crippen molar-refractivity contribution in [1.82, 2.24) is 5.32 Å². The molecule has 3 nitrogen and oxygen atoms in total. The SMILES string of the molecule is C=CCNC(C(=O)OCC)c1ccc(Br)c(Cl)c1. The molecule has 0 heterocycles. The standard InChI is InChI=1S/C13H15BrClNO2/c1-3-7-16-12(13(17)18-4-2)9-5-6-10(14)11(15)8-9/h3,5-6,8,12,16H,1,4,7H2,2H3. The molecule has 0 aliphatic carbocycles. The fourth-order valence-electron chi connectivity index (χ4n) is 1.46. The molecule has 0 radical (unpaired) electrons.